The van der Waals surface area contributed by atoms with Gasteiger partial charge in [-0.25, -0.2) is 0 Å². The van der Waals surface area contributed by atoms with Crippen LogP contribution in [0.15, 0.2) is 0 Å². The summed E-state index contributed by atoms with van der Waals surface area (Å²) in [5.41, 5.74) is 0. The number of hydrogen-bond acceptors (Lipinski definition) is 1. The van der Waals surface area contributed by atoms with E-state index in [0.717, 1.165) is 11.8 Å². The third kappa shape index (κ3) is 3.86. The van der Waals surface area contributed by atoms with Crippen molar-refractivity contribution in [3.8, 4) is 0 Å². The maximum Gasteiger partial charge on any atom is 0.0266 e. The summed E-state index contributed by atoms with van der Waals surface area (Å²) >= 11 is 5.90. The van der Waals surface area contributed by atoms with Crippen LogP contribution >= 0.6 is 11.6 Å². The lowest BCUT2D eigenvalue weighted by molar-refractivity contribution is 0.424. The molecule has 0 saturated heterocycles. The van der Waals surface area contributed by atoms with Crippen molar-refractivity contribution < 1.29 is 0 Å². The molecule has 0 aromatic rings. The van der Waals surface area contributed by atoms with Crippen molar-refractivity contribution in [3.63, 3.8) is 0 Å². The van der Waals surface area contributed by atoms with Crippen LogP contribution in [0.1, 0.15) is 45.4 Å². The Balaban J connectivity index is 2.06. The van der Waals surface area contributed by atoms with Gasteiger partial charge in [0.05, 0.1) is 0 Å². The summed E-state index contributed by atoms with van der Waals surface area (Å²) in [4.78, 5) is 0. The van der Waals surface area contributed by atoms with Gasteiger partial charge in [-0.05, 0) is 31.7 Å². The number of nitrogens with one attached hydrogen (secondary N) is 1. The Labute approximate surface area is 87.2 Å². The van der Waals surface area contributed by atoms with Gasteiger partial charge in [-0.3, -0.25) is 0 Å². The number of unbranched alkanes of at least 4 members (excludes halogenated alkanes) is 2. The molecule has 0 aromatic heterocycles. The average molecular weight is 204 g/mol. The average Bonchev–Trinajstić information content (AvgIpc) is 2.60. The van der Waals surface area contributed by atoms with Crippen molar-refractivity contribution in [2.45, 2.75) is 51.5 Å². The van der Waals surface area contributed by atoms with Crippen LogP contribution in [0.4, 0.5) is 0 Å². The van der Waals surface area contributed by atoms with Gasteiger partial charge in [0.15, 0.2) is 0 Å². The Kier molecular flexibility index (Phi) is 5.81. The minimum Gasteiger partial charge on any atom is -0.314 e. The first-order valence-corrected chi connectivity index (χ1v) is 6.21. The van der Waals surface area contributed by atoms with E-state index in [2.05, 4.69) is 12.2 Å². The third-order valence-electron chi connectivity index (χ3n) is 3.04. The molecule has 0 bridgehead atoms. The summed E-state index contributed by atoms with van der Waals surface area (Å²) < 4.78 is 0. The highest BCUT2D eigenvalue weighted by molar-refractivity contribution is 6.18. The van der Waals surface area contributed by atoms with Crippen molar-refractivity contribution in [2.24, 2.45) is 5.92 Å². The number of hydrogen-bond donors (Lipinski definition) is 1. The number of halogens is 1. The second kappa shape index (κ2) is 6.67. The van der Waals surface area contributed by atoms with E-state index in [4.69, 9.17) is 11.6 Å². The second-order valence-electron chi connectivity index (χ2n) is 4.11. The van der Waals surface area contributed by atoms with Crippen LogP contribution in [0.5, 0.6) is 0 Å². The number of alkyl halides is 1. The Bertz CT molecular complexity index is 127. The summed E-state index contributed by atoms with van der Waals surface area (Å²) in [6, 6.07) is 0.717. The van der Waals surface area contributed by atoms with Gasteiger partial charge < -0.3 is 5.32 Å². The molecule has 0 aliphatic heterocycles. The van der Waals surface area contributed by atoms with E-state index < -0.39 is 0 Å². The van der Waals surface area contributed by atoms with Crippen LogP contribution in [0.3, 0.4) is 0 Å². The first kappa shape index (κ1) is 11.3. The fraction of sp³-hybridized carbons (Fsp3) is 1.00. The van der Waals surface area contributed by atoms with E-state index in [1.165, 1.54) is 45.1 Å². The molecule has 78 valence electrons. The minimum atomic E-state index is 0.717. The highest BCUT2D eigenvalue weighted by Crippen LogP contribution is 2.26. The summed E-state index contributed by atoms with van der Waals surface area (Å²) in [7, 11) is 0. The lowest BCUT2D eigenvalue weighted by Crippen LogP contribution is -2.33. The summed E-state index contributed by atoms with van der Waals surface area (Å²) in [5.74, 6) is 1.58. The first-order valence-electron chi connectivity index (χ1n) is 5.67. The molecule has 13 heavy (non-hydrogen) atoms. The van der Waals surface area contributed by atoms with E-state index in [0.29, 0.717) is 6.04 Å². The van der Waals surface area contributed by atoms with Gasteiger partial charge in [0.1, 0.15) is 0 Å². The molecular formula is C11H22ClN. The van der Waals surface area contributed by atoms with Crippen LogP contribution in [-0.4, -0.2) is 18.5 Å². The molecule has 1 nitrogen and oxygen atoms in total. The smallest absolute Gasteiger partial charge is 0.0266 e. The van der Waals surface area contributed by atoms with Crippen LogP contribution in [0.25, 0.3) is 0 Å². The zero-order chi connectivity index (χ0) is 9.52. The van der Waals surface area contributed by atoms with E-state index in [1.807, 2.05) is 0 Å². The fourth-order valence-electron chi connectivity index (χ4n) is 2.15. The van der Waals surface area contributed by atoms with Crippen molar-refractivity contribution in [2.75, 3.05) is 12.4 Å². The maximum atomic E-state index is 5.90. The van der Waals surface area contributed by atoms with Gasteiger partial charge >= 0.3 is 0 Å². The second-order valence-corrected chi connectivity index (χ2v) is 4.42. The largest absolute Gasteiger partial charge is 0.314 e. The van der Waals surface area contributed by atoms with Crippen molar-refractivity contribution in [1.82, 2.24) is 5.32 Å². The van der Waals surface area contributed by atoms with Crippen molar-refractivity contribution in [3.05, 3.63) is 0 Å². The van der Waals surface area contributed by atoms with Gasteiger partial charge in [0.2, 0.25) is 0 Å². The van der Waals surface area contributed by atoms with Crippen molar-refractivity contribution in [1.29, 1.82) is 0 Å². The molecule has 1 fully saturated rings. The molecule has 2 heteroatoms. The van der Waals surface area contributed by atoms with Gasteiger partial charge in [0.25, 0.3) is 0 Å². The number of rotatable bonds is 6. The van der Waals surface area contributed by atoms with E-state index in [-0.39, 0.29) is 0 Å². The molecule has 0 aromatic carbocycles. The van der Waals surface area contributed by atoms with Gasteiger partial charge in [-0.1, -0.05) is 26.2 Å². The van der Waals surface area contributed by atoms with Crippen LogP contribution < -0.4 is 5.32 Å². The quantitative estimate of drug-likeness (QED) is 0.517. The first-order chi connectivity index (χ1) is 6.38. The third-order valence-corrected chi connectivity index (χ3v) is 3.44. The minimum absolute atomic E-state index is 0.717. The van der Waals surface area contributed by atoms with E-state index in [9.17, 15) is 0 Å². The zero-order valence-corrected chi connectivity index (χ0v) is 9.45. The maximum absolute atomic E-state index is 5.90. The van der Waals surface area contributed by atoms with E-state index >= 15 is 0 Å². The molecule has 2 atom stereocenters. The summed E-state index contributed by atoms with van der Waals surface area (Å²) in [6.45, 7) is 3.43. The molecule has 1 N–H and O–H groups in total. The highest BCUT2D eigenvalue weighted by Gasteiger charge is 2.25. The Morgan fingerprint density at radius 3 is 2.85 bits per heavy atom. The normalized spacial score (nSPS) is 28.2. The molecule has 1 aliphatic rings. The molecule has 1 saturated carbocycles. The standard InChI is InChI=1S/C11H22ClN/c1-2-3-4-8-13-11-7-5-6-10(11)9-12/h10-11,13H,2-9H2,1H3. The molecule has 2 unspecified atom stereocenters. The van der Waals surface area contributed by atoms with Crippen LogP contribution in [-0.2, 0) is 0 Å². The molecule has 0 amide bonds. The molecule has 0 spiro atoms. The van der Waals surface area contributed by atoms with Crippen LogP contribution in [0.2, 0.25) is 0 Å². The Morgan fingerprint density at radius 2 is 2.15 bits per heavy atom. The van der Waals surface area contributed by atoms with E-state index in [1.54, 1.807) is 0 Å². The molecular weight excluding hydrogens is 182 g/mol. The molecule has 1 aliphatic carbocycles. The van der Waals surface area contributed by atoms with Crippen molar-refractivity contribution >= 4 is 11.6 Å². The summed E-state index contributed by atoms with van der Waals surface area (Å²) in [6.07, 6.45) is 8.01. The van der Waals surface area contributed by atoms with Gasteiger partial charge in [-0.15, -0.1) is 11.6 Å². The zero-order valence-electron chi connectivity index (χ0n) is 8.69. The molecule has 1 rings (SSSR count). The fourth-order valence-corrected chi connectivity index (χ4v) is 2.52. The highest BCUT2D eigenvalue weighted by atomic mass is 35.5. The topological polar surface area (TPSA) is 12.0 Å². The predicted molar refractivity (Wildman–Crippen MR) is 59.4 cm³/mol. The monoisotopic (exact) mass is 203 g/mol. The van der Waals surface area contributed by atoms with Gasteiger partial charge in [0, 0.05) is 11.9 Å². The lowest BCUT2D eigenvalue weighted by Gasteiger charge is -2.18. The van der Waals surface area contributed by atoms with Gasteiger partial charge in [-0.2, -0.15) is 0 Å². The SMILES string of the molecule is CCCCCNC1CCCC1CCl. The Morgan fingerprint density at radius 1 is 1.31 bits per heavy atom. The molecule has 0 heterocycles. The van der Waals surface area contributed by atoms with Crippen LogP contribution in [0, 0.1) is 5.92 Å². The predicted octanol–water partition coefficient (Wildman–Crippen LogP) is 3.17. The summed E-state index contributed by atoms with van der Waals surface area (Å²) in [5, 5.41) is 3.63. The lowest BCUT2D eigenvalue weighted by atomic mass is 10.1. The molecule has 0 radical (unpaired) electrons. The Hall–Kier alpha value is 0.250.